The molecular weight excluding hydrogens is 248 g/mol. The number of nitro benzene ring substituents is 1. The molecule has 1 heterocycles. The fourth-order valence-corrected chi connectivity index (χ4v) is 1.94. The summed E-state index contributed by atoms with van der Waals surface area (Å²) in [5, 5.41) is 10.6. The topological polar surface area (TPSA) is 80.5 Å². The highest BCUT2D eigenvalue weighted by Gasteiger charge is 2.31. The maximum atomic E-state index is 11.7. The van der Waals surface area contributed by atoms with Crippen molar-refractivity contribution in [1.29, 1.82) is 0 Å². The van der Waals surface area contributed by atoms with Crippen LogP contribution in [0, 0.1) is 10.1 Å². The number of hydrogen-bond acceptors (Lipinski definition) is 4. The maximum Gasteiger partial charge on any atom is 0.298 e. The largest absolute Gasteiger partial charge is 0.305 e. The van der Waals surface area contributed by atoms with E-state index in [4.69, 9.17) is 0 Å². The number of benzene rings is 1. The number of nitro groups is 1. The lowest BCUT2D eigenvalue weighted by atomic mass is 10.1. The Morgan fingerprint density at radius 1 is 1.21 bits per heavy atom. The van der Waals surface area contributed by atoms with Gasteiger partial charge in [-0.3, -0.25) is 19.7 Å². The lowest BCUT2D eigenvalue weighted by Gasteiger charge is -2.18. The minimum atomic E-state index is -0.554. The van der Waals surface area contributed by atoms with Crippen molar-refractivity contribution in [3.8, 4) is 0 Å². The summed E-state index contributed by atoms with van der Waals surface area (Å²) in [6, 6.07) is 5.79. The predicted octanol–water partition coefficient (Wildman–Crippen LogP) is 1.76. The molecule has 2 rings (SSSR count). The van der Waals surface area contributed by atoms with E-state index in [1.165, 1.54) is 23.1 Å². The van der Waals surface area contributed by atoms with E-state index in [1.54, 1.807) is 12.1 Å². The van der Waals surface area contributed by atoms with Gasteiger partial charge in [-0.1, -0.05) is 6.92 Å². The van der Waals surface area contributed by atoms with Gasteiger partial charge in [-0.2, -0.15) is 0 Å². The molecule has 0 bridgehead atoms. The van der Waals surface area contributed by atoms with Gasteiger partial charge in [0.1, 0.15) is 0 Å². The predicted molar refractivity (Wildman–Crippen MR) is 68.1 cm³/mol. The van der Waals surface area contributed by atoms with E-state index >= 15 is 0 Å². The van der Waals surface area contributed by atoms with Crippen molar-refractivity contribution in [2.75, 3.05) is 6.54 Å². The first kappa shape index (κ1) is 12.9. The first-order valence-corrected chi connectivity index (χ1v) is 5.87. The lowest BCUT2D eigenvalue weighted by molar-refractivity contribution is -0.384. The molecule has 6 heteroatoms. The van der Waals surface area contributed by atoms with Crippen LogP contribution in [0.3, 0.4) is 0 Å². The van der Waals surface area contributed by atoms with Crippen LogP contribution in [-0.4, -0.2) is 28.1 Å². The number of nitrogens with zero attached hydrogens (tertiary/aromatic N) is 2. The molecule has 0 aliphatic carbocycles. The third kappa shape index (κ3) is 2.37. The Kier molecular flexibility index (Phi) is 3.41. The SMILES string of the molecule is CCCN1C(=O)C(=O)C=C1c1ccc([N+](=O)[O-])cc1. The Morgan fingerprint density at radius 2 is 1.84 bits per heavy atom. The Labute approximate surface area is 109 Å². The van der Waals surface area contributed by atoms with Crippen molar-refractivity contribution in [3.05, 3.63) is 46.0 Å². The van der Waals surface area contributed by atoms with Crippen LogP contribution in [0.25, 0.3) is 5.70 Å². The Hall–Kier alpha value is -2.50. The Balaban J connectivity index is 2.34. The van der Waals surface area contributed by atoms with Gasteiger partial charge in [-0.25, -0.2) is 0 Å². The molecule has 0 saturated carbocycles. The number of hydrogen-bond donors (Lipinski definition) is 0. The highest BCUT2D eigenvalue weighted by Crippen LogP contribution is 2.26. The molecule has 0 saturated heterocycles. The van der Waals surface area contributed by atoms with Crippen molar-refractivity contribution in [2.45, 2.75) is 13.3 Å². The fourth-order valence-electron chi connectivity index (χ4n) is 1.94. The molecule has 1 aliphatic heterocycles. The molecule has 98 valence electrons. The second-order valence-corrected chi connectivity index (χ2v) is 4.15. The van der Waals surface area contributed by atoms with Crippen molar-refractivity contribution in [3.63, 3.8) is 0 Å². The molecule has 6 nitrogen and oxygen atoms in total. The molecule has 0 N–H and O–H groups in total. The van der Waals surface area contributed by atoms with E-state index in [2.05, 4.69) is 0 Å². The second kappa shape index (κ2) is 5.01. The van der Waals surface area contributed by atoms with Gasteiger partial charge in [0, 0.05) is 24.8 Å². The van der Waals surface area contributed by atoms with Crippen molar-refractivity contribution < 1.29 is 14.5 Å². The summed E-state index contributed by atoms with van der Waals surface area (Å²) >= 11 is 0. The van der Waals surface area contributed by atoms with Crippen LogP contribution >= 0.6 is 0 Å². The molecule has 0 unspecified atom stereocenters. The highest BCUT2D eigenvalue weighted by molar-refractivity contribution is 6.46. The van der Waals surface area contributed by atoms with Gasteiger partial charge >= 0.3 is 0 Å². The summed E-state index contributed by atoms with van der Waals surface area (Å²) < 4.78 is 0. The Bertz CT molecular complexity index is 575. The molecule has 1 amide bonds. The van der Waals surface area contributed by atoms with Crippen LogP contribution in [-0.2, 0) is 9.59 Å². The van der Waals surface area contributed by atoms with Gasteiger partial charge in [-0.15, -0.1) is 0 Å². The molecular formula is C13H12N2O4. The molecule has 0 spiro atoms. The summed E-state index contributed by atoms with van der Waals surface area (Å²) in [6.07, 6.45) is 2.00. The van der Waals surface area contributed by atoms with Crippen molar-refractivity contribution >= 4 is 23.1 Å². The summed E-state index contributed by atoms with van der Waals surface area (Å²) in [6.45, 7) is 2.36. The van der Waals surface area contributed by atoms with Crippen LogP contribution in [0.1, 0.15) is 18.9 Å². The first-order chi connectivity index (χ1) is 9.04. The lowest BCUT2D eigenvalue weighted by Crippen LogP contribution is -2.29. The molecule has 1 aromatic carbocycles. The zero-order valence-electron chi connectivity index (χ0n) is 10.3. The van der Waals surface area contributed by atoms with E-state index < -0.39 is 16.6 Å². The molecule has 1 aromatic rings. The van der Waals surface area contributed by atoms with Gasteiger partial charge in [0.2, 0.25) is 5.78 Å². The zero-order chi connectivity index (χ0) is 14.0. The second-order valence-electron chi connectivity index (χ2n) is 4.15. The molecule has 0 aromatic heterocycles. The molecule has 0 radical (unpaired) electrons. The third-order valence-electron chi connectivity index (χ3n) is 2.84. The average Bonchev–Trinajstić information content (AvgIpc) is 2.68. The smallest absolute Gasteiger partial charge is 0.298 e. The normalized spacial score (nSPS) is 14.8. The van der Waals surface area contributed by atoms with Crippen LogP contribution < -0.4 is 0 Å². The van der Waals surface area contributed by atoms with E-state index in [9.17, 15) is 19.7 Å². The van der Waals surface area contributed by atoms with Crippen molar-refractivity contribution in [2.24, 2.45) is 0 Å². The maximum absolute atomic E-state index is 11.7. The number of rotatable bonds is 4. The van der Waals surface area contributed by atoms with Gasteiger partial charge in [0.05, 0.1) is 10.6 Å². The molecule has 1 aliphatic rings. The average molecular weight is 260 g/mol. The quantitative estimate of drug-likeness (QED) is 0.469. The van der Waals surface area contributed by atoms with Gasteiger partial charge < -0.3 is 4.90 Å². The van der Waals surface area contributed by atoms with Gasteiger partial charge in [0.15, 0.2) is 0 Å². The third-order valence-corrected chi connectivity index (χ3v) is 2.84. The van der Waals surface area contributed by atoms with E-state index in [0.717, 1.165) is 6.42 Å². The van der Waals surface area contributed by atoms with Crippen molar-refractivity contribution in [1.82, 2.24) is 4.90 Å². The van der Waals surface area contributed by atoms with Crippen LogP contribution in [0.2, 0.25) is 0 Å². The minimum absolute atomic E-state index is 0.0259. The minimum Gasteiger partial charge on any atom is -0.305 e. The standard InChI is InChI=1S/C13H12N2O4/c1-2-7-14-11(8-12(16)13(14)17)9-3-5-10(6-4-9)15(18)19/h3-6,8H,2,7H2,1H3. The van der Waals surface area contributed by atoms with Gasteiger partial charge in [0.25, 0.3) is 11.6 Å². The number of carbonyl (C=O) groups is 2. The summed E-state index contributed by atoms with van der Waals surface area (Å²) in [7, 11) is 0. The highest BCUT2D eigenvalue weighted by atomic mass is 16.6. The summed E-state index contributed by atoms with van der Waals surface area (Å²) in [5.74, 6) is -1.10. The molecule has 0 atom stereocenters. The Morgan fingerprint density at radius 3 is 2.37 bits per heavy atom. The monoisotopic (exact) mass is 260 g/mol. The summed E-state index contributed by atoms with van der Waals surface area (Å²) in [5.41, 5.74) is 1.10. The molecule has 19 heavy (non-hydrogen) atoms. The van der Waals surface area contributed by atoms with Gasteiger partial charge in [-0.05, 0) is 24.1 Å². The van der Waals surface area contributed by atoms with Crippen LogP contribution in [0.5, 0.6) is 0 Å². The fraction of sp³-hybridized carbons (Fsp3) is 0.231. The van der Waals surface area contributed by atoms with E-state index in [1.807, 2.05) is 6.92 Å². The molecule has 0 fully saturated rings. The number of amides is 1. The zero-order valence-corrected chi connectivity index (χ0v) is 10.3. The summed E-state index contributed by atoms with van der Waals surface area (Å²) in [4.78, 5) is 34.6. The number of non-ortho nitro benzene ring substituents is 1. The van der Waals surface area contributed by atoms with E-state index in [-0.39, 0.29) is 5.69 Å². The first-order valence-electron chi connectivity index (χ1n) is 5.87. The van der Waals surface area contributed by atoms with Crippen LogP contribution in [0.15, 0.2) is 30.3 Å². The number of carbonyl (C=O) groups excluding carboxylic acids is 2. The van der Waals surface area contributed by atoms with Crippen LogP contribution in [0.4, 0.5) is 5.69 Å². The number of ketones is 1. The van der Waals surface area contributed by atoms with E-state index in [0.29, 0.717) is 17.8 Å².